The molecule has 0 saturated heterocycles. The van der Waals surface area contributed by atoms with Crippen LogP contribution in [-0.2, 0) is 0 Å². The van der Waals surface area contributed by atoms with Crippen LogP contribution >= 0.6 is 11.6 Å². The lowest BCUT2D eigenvalue weighted by atomic mass is 9.95. The summed E-state index contributed by atoms with van der Waals surface area (Å²) < 4.78 is 0. The van der Waals surface area contributed by atoms with Gasteiger partial charge in [-0.25, -0.2) is 0 Å². The Balaban J connectivity index is 1.96. The second-order valence-corrected chi connectivity index (χ2v) is 4.35. The molecule has 0 radical (unpaired) electrons. The molecule has 1 saturated carbocycles. The van der Waals surface area contributed by atoms with Crippen molar-refractivity contribution in [1.82, 2.24) is 4.98 Å². The van der Waals surface area contributed by atoms with E-state index in [4.69, 9.17) is 11.6 Å². The zero-order valence-electron chi connectivity index (χ0n) is 8.12. The van der Waals surface area contributed by atoms with Gasteiger partial charge in [0.1, 0.15) is 0 Å². The van der Waals surface area contributed by atoms with Gasteiger partial charge in [-0.3, -0.25) is 4.98 Å². The lowest BCUT2D eigenvalue weighted by molar-refractivity contribution is 0.469. The van der Waals surface area contributed by atoms with Crippen molar-refractivity contribution in [2.45, 2.75) is 37.1 Å². The molecule has 2 rings (SSSR count). The third-order valence-corrected chi connectivity index (χ3v) is 3.24. The quantitative estimate of drug-likeness (QED) is 0.759. The molecule has 1 aromatic rings. The van der Waals surface area contributed by atoms with Gasteiger partial charge in [-0.2, -0.15) is 0 Å². The van der Waals surface area contributed by atoms with Crippen LogP contribution in [0, 0.1) is 0 Å². The zero-order chi connectivity index (χ0) is 9.80. The molecule has 1 N–H and O–H groups in total. The number of hydrogen-bond donors (Lipinski definition) is 1. The van der Waals surface area contributed by atoms with E-state index < -0.39 is 0 Å². The second-order valence-electron chi connectivity index (χ2n) is 3.79. The van der Waals surface area contributed by atoms with E-state index in [1.54, 1.807) is 12.4 Å². The van der Waals surface area contributed by atoms with Gasteiger partial charge in [-0.1, -0.05) is 12.8 Å². The van der Waals surface area contributed by atoms with Crippen LogP contribution in [0.15, 0.2) is 24.5 Å². The number of halogens is 1. The van der Waals surface area contributed by atoms with E-state index in [9.17, 15) is 0 Å². The highest BCUT2D eigenvalue weighted by molar-refractivity contribution is 6.21. The summed E-state index contributed by atoms with van der Waals surface area (Å²) in [5.74, 6) is 0. The van der Waals surface area contributed by atoms with Crippen LogP contribution in [0.25, 0.3) is 0 Å². The molecular weight excluding hydrogens is 196 g/mol. The molecule has 2 nitrogen and oxygen atoms in total. The number of hydrogen-bond acceptors (Lipinski definition) is 2. The number of nitrogens with one attached hydrogen (secondary N) is 1. The van der Waals surface area contributed by atoms with Crippen LogP contribution in [-0.4, -0.2) is 16.4 Å². The van der Waals surface area contributed by atoms with Gasteiger partial charge in [-0.15, -0.1) is 11.6 Å². The average Bonchev–Trinajstić information content (AvgIpc) is 2.23. The smallest absolute Gasteiger partial charge is 0.0537 e. The molecule has 1 aromatic heterocycles. The normalized spacial score (nSPS) is 27.2. The summed E-state index contributed by atoms with van der Waals surface area (Å²) in [4.78, 5) is 3.98. The number of anilines is 1. The van der Waals surface area contributed by atoms with Gasteiger partial charge in [-0.05, 0) is 25.0 Å². The van der Waals surface area contributed by atoms with Gasteiger partial charge >= 0.3 is 0 Å². The van der Waals surface area contributed by atoms with Gasteiger partial charge in [0.15, 0.2) is 0 Å². The van der Waals surface area contributed by atoms with Crippen molar-refractivity contribution in [3.63, 3.8) is 0 Å². The number of nitrogens with zero attached hydrogens (tertiary/aromatic N) is 1. The summed E-state index contributed by atoms with van der Waals surface area (Å²) >= 11 is 6.25. The molecule has 1 heterocycles. The average molecular weight is 211 g/mol. The summed E-state index contributed by atoms with van der Waals surface area (Å²) in [6, 6.07) is 4.39. The second kappa shape index (κ2) is 4.65. The van der Waals surface area contributed by atoms with E-state index in [2.05, 4.69) is 10.3 Å². The largest absolute Gasteiger partial charge is 0.381 e. The van der Waals surface area contributed by atoms with E-state index >= 15 is 0 Å². The summed E-state index contributed by atoms with van der Waals surface area (Å²) in [5.41, 5.74) is 1.12. The highest BCUT2D eigenvalue weighted by Crippen LogP contribution is 2.25. The van der Waals surface area contributed by atoms with Gasteiger partial charge in [0.05, 0.1) is 5.38 Å². The van der Waals surface area contributed by atoms with E-state index in [0.717, 1.165) is 12.1 Å². The van der Waals surface area contributed by atoms with E-state index in [-0.39, 0.29) is 5.38 Å². The predicted octanol–water partition coefficient (Wildman–Crippen LogP) is 3.04. The monoisotopic (exact) mass is 210 g/mol. The maximum absolute atomic E-state index is 6.25. The standard InChI is InChI=1S/C11H15ClN2/c12-10-3-1-2-4-11(10)14-9-5-7-13-8-6-9/h5-8,10-11H,1-4H2,(H,13,14). The van der Waals surface area contributed by atoms with E-state index in [1.807, 2.05) is 12.1 Å². The van der Waals surface area contributed by atoms with Gasteiger partial charge < -0.3 is 5.32 Å². The third-order valence-electron chi connectivity index (χ3n) is 2.71. The minimum Gasteiger partial charge on any atom is -0.381 e. The molecule has 2 atom stereocenters. The van der Waals surface area contributed by atoms with Gasteiger partial charge in [0.2, 0.25) is 0 Å². The summed E-state index contributed by atoms with van der Waals surface area (Å²) in [5, 5.41) is 3.73. The third kappa shape index (κ3) is 2.38. The molecule has 14 heavy (non-hydrogen) atoms. The summed E-state index contributed by atoms with van der Waals surface area (Å²) in [6.07, 6.45) is 8.46. The van der Waals surface area contributed by atoms with Gasteiger partial charge in [0.25, 0.3) is 0 Å². The molecule has 0 bridgehead atoms. The first-order valence-corrected chi connectivity index (χ1v) is 5.60. The van der Waals surface area contributed by atoms with Crippen molar-refractivity contribution in [1.29, 1.82) is 0 Å². The molecule has 1 aliphatic rings. The molecular formula is C11H15ClN2. The Kier molecular flexibility index (Phi) is 3.25. The number of alkyl halides is 1. The minimum atomic E-state index is 0.275. The SMILES string of the molecule is ClC1CCCCC1Nc1ccncc1. The van der Waals surface area contributed by atoms with Crippen LogP contribution < -0.4 is 5.32 Å². The molecule has 1 aliphatic carbocycles. The first-order valence-electron chi connectivity index (χ1n) is 5.17. The first kappa shape index (κ1) is 9.78. The lowest BCUT2D eigenvalue weighted by Gasteiger charge is -2.28. The number of pyridine rings is 1. The molecule has 1 fully saturated rings. The highest BCUT2D eigenvalue weighted by atomic mass is 35.5. The Morgan fingerprint density at radius 2 is 1.93 bits per heavy atom. The molecule has 0 spiro atoms. The lowest BCUT2D eigenvalue weighted by Crippen LogP contribution is -2.32. The fourth-order valence-electron chi connectivity index (χ4n) is 1.91. The maximum Gasteiger partial charge on any atom is 0.0537 e. The van der Waals surface area contributed by atoms with Crippen molar-refractivity contribution in [2.24, 2.45) is 0 Å². The van der Waals surface area contributed by atoms with Crippen LogP contribution in [0.4, 0.5) is 5.69 Å². The van der Waals surface area contributed by atoms with Crippen molar-refractivity contribution in [3.05, 3.63) is 24.5 Å². The van der Waals surface area contributed by atoms with Crippen molar-refractivity contribution < 1.29 is 0 Å². The Hall–Kier alpha value is -0.760. The zero-order valence-corrected chi connectivity index (χ0v) is 8.87. The van der Waals surface area contributed by atoms with E-state index in [0.29, 0.717) is 6.04 Å². The van der Waals surface area contributed by atoms with Crippen molar-refractivity contribution in [2.75, 3.05) is 5.32 Å². The van der Waals surface area contributed by atoms with Gasteiger partial charge in [0, 0.05) is 24.1 Å². The molecule has 0 aromatic carbocycles. The van der Waals surface area contributed by atoms with Crippen LogP contribution in [0.1, 0.15) is 25.7 Å². The fourth-order valence-corrected chi connectivity index (χ4v) is 2.25. The van der Waals surface area contributed by atoms with E-state index in [1.165, 1.54) is 19.3 Å². The predicted molar refractivity (Wildman–Crippen MR) is 59.8 cm³/mol. The van der Waals surface area contributed by atoms with Crippen LogP contribution in [0.2, 0.25) is 0 Å². The fraction of sp³-hybridized carbons (Fsp3) is 0.545. The summed E-state index contributed by atoms with van der Waals surface area (Å²) in [7, 11) is 0. The Morgan fingerprint density at radius 1 is 1.21 bits per heavy atom. The Labute approximate surface area is 89.7 Å². The van der Waals surface area contributed by atoms with Crippen molar-refractivity contribution in [3.8, 4) is 0 Å². The Bertz CT molecular complexity index is 276. The number of aromatic nitrogens is 1. The molecule has 76 valence electrons. The Morgan fingerprint density at radius 3 is 2.64 bits per heavy atom. The van der Waals surface area contributed by atoms with Crippen molar-refractivity contribution >= 4 is 17.3 Å². The minimum absolute atomic E-state index is 0.275. The molecule has 0 aliphatic heterocycles. The first-order chi connectivity index (χ1) is 6.86. The maximum atomic E-state index is 6.25. The summed E-state index contributed by atoms with van der Waals surface area (Å²) in [6.45, 7) is 0. The molecule has 2 unspecified atom stereocenters. The topological polar surface area (TPSA) is 24.9 Å². The molecule has 3 heteroatoms. The number of rotatable bonds is 2. The van der Waals surface area contributed by atoms with Crippen LogP contribution in [0.5, 0.6) is 0 Å². The molecule has 0 amide bonds. The van der Waals surface area contributed by atoms with Crippen LogP contribution in [0.3, 0.4) is 0 Å². The highest BCUT2D eigenvalue weighted by Gasteiger charge is 2.22.